The minimum atomic E-state index is -0.681. The number of alkyl halides is 1. The number of nitrogens with zero attached hydrogens (tertiary/aromatic N) is 3. The number of hydrogen-bond donors (Lipinski definition) is 0. The van der Waals surface area contributed by atoms with Crippen molar-refractivity contribution in [1.82, 2.24) is 14.7 Å². The lowest BCUT2D eigenvalue weighted by Crippen LogP contribution is -2.59. The van der Waals surface area contributed by atoms with Gasteiger partial charge in [0, 0.05) is 37.3 Å². The third kappa shape index (κ3) is 4.39. The zero-order valence-electron chi connectivity index (χ0n) is 17.1. The lowest BCUT2D eigenvalue weighted by atomic mass is 9.72. The lowest BCUT2D eigenvalue weighted by Gasteiger charge is -2.50. The quantitative estimate of drug-likeness (QED) is 0.747. The predicted molar refractivity (Wildman–Crippen MR) is 104 cm³/mol. The average Bonchev–Trinajstić information content (AvgIpc) is 2.52. The van der Waals surface area contributed by atoms with Crippen LogP contribution >= 0.6 is 0 Å². The molecular formula is C21H40FN3. The van der Waals surface area contributed by atoms with E-state index in [1.807, 2.05) is 0 Å². The van der Waals surface area contributed by atoms with Crippen LogP contribution in [-0.4, -0.2) is 78.3 Å². The normalized spacial score (nSPS) is 36.4. The average molecular weight is 354 g/mol. The number of rotatable bonds is 5. The second-order valence-electron chi connectivity index (χ2n) is 9.52. The van der Waals surface area contributed by atoms with Gasteiger partial charge < -0.3 is 4.90 Å². The summed E-state index contributed by atoms with van der Waals surface area (Å²) in [7, 11) is 2.18. The summed E-state index contributed by atoms with van der Waals surface area (Å²) in [6.07, 6.45) is 5.29. The number of hydrogen-bond acceptors (Lipinski definition) is 3. The fourth-order valence-electron chi connectivity index (χ4n) is 5.26. The molecule has 0 radical (unpaired) electrons. The Morgan fingerprint density at radius 1 is 0.960 bits per heavy atom. The maximum absolute atomic E-state index is 15.0. The molecule has 146 valence electrons. The van der Waals surface area contributed by atoms with Crippen molar-refractivity contribution >= 4 is 0 Å². The van der Waals surface area contributed by atoms with Gasteiger partial charge in [0.05, 0.1) is 0 Å². The van der Waals surface area contributed by atoms with E-state index in [-0.39, 0.29) is 6.04 Å². The summed E-state index contributed by atoms with van der Waals surface area (Å²) in [4.78, 5) is 7.41. The van der Waals surface area contributed by atoms with Gasteiger partial charge in [-0.05, 0) is 77.9 Å². The maximum Gasteiger partial charge on any atom is 0.128 e. The third-order valence-corrected chi connectivity index (χ3v) is 7.48. The topological polar surface area (TPSA) is 9.72 Å². The van der Waals surface area contributed by atoms with Crippen LogP contribution in [0.25, 0.3) is 0 Å². The molecule has 2 heterocycles. The molecule has 0 N–H and O–H groups in total. The summed E-state index contributed by atoms with van der Waals surface area (Å²) in [6, 6.07) is 2.00. The Hall–Kier alpha value is -0.190. The highest BCUT2D eigenvalue weighted by Gasteiger charge is 2.41. The standard InChI is InChI=1S/C21H40FN3/c1-15(2)17-12-19(13-17)25-11-8-21(20(22)14-25)23(5)18-6-9-24(10-7-18)16(3)4/h15-21H,6-14H2,1-5H3/t17?,19?,20-,21-/m0/s1. The van der Waals surface area contributed by atoms with Gasteiger partial charge in [0.2, 0.25) is 0 Å². The van der Waals surface area contributed by atoms with E-state index >= 15 is 0 Å². The molecule has 3 nitrogen and oxygen atoms in total. The lowest BCUT2D eigenvalue weighted by molar-refractivity contribution is -0.0312. The molecule has 0 bridgehead atoms. The van der Waals surface area contributed by atoms with Crippen LogP contribution in [-0.2, 0) is 0 Å². The number of piperidine rings is 2. The molecule has 4 heteroatoms. The molecule has 3 aliphatic rings. The Balaban J connectivity index is 1.45. The van der Waals surface area contributed by atoms with E-state index in [4.69, 9.17) is 0 Å². The zero-order chi connectivity index (χ0) is 18.1. The van der Waals surface area contributed by atoms with Crippen LogP contribution in [0.4, 0.5) is 4.39 Å². The molecule has 0 aromatic rings. The SMILES string of the molecule is CC(C)C1CC(N2CC[C@H](N(C)C3CCN(C(C)C)CC3)[C@@H](F)C2)C1. The van der Waals surface area contributed by atoms with E-state index < -0.39 is 6.17 Å². The number of likely N-dealkylation sites (tertiary alicyclic amines) is 2. The molecule has 0 unspecified atom stereocenters. The molecule has 2 saturated heterocycles. The fraction of sp³-hybridized carbons (Fsp3) is 1.00. The second-order valence-corrected chi connectivity index (χ2v) is 9.52. The summed E-state index contributed by atoms with van der Waals surface area (Å²) in [5.41, 5.74) is 0. The molecule has 0 spiro atoms. The summed E-state index contributed by atoms with van der Waals surface area (Å²) in [5, 5.41) is 0. The van der Waals surface area contributed by atoms with Crippen molar-refractivity contribution in [1.29, 1.82) is 0 Å². The molecular weight excluding hydrogens is 313 g/mol. The summed E-state index contributed by atoms with van der Waals surface area (Å²) in [5.74, 6) is 1.66. The van der Waals surface area contributed by atoms with Crippen molar-refractivity contribution in [2.24, 2.45) is 11.8 Å². The molecule has 1 aliphatic carbocycles. The first-order chi connectivity index (χ1) is 11.9. The van der Waals surface area contributed by atoms with Crippen LogP contribution in [0.1, 0.15) is 59.8 Å². The van der Waals surface area contributed by atoms with Crippen LogP contribution in [0.2, 0.25) is 0 Å². The fourth-order valence-corrected chi connectivity index (χ4v) is 5.26. The molecule has 2 aliphatic heterocycles. The molecule has 25 heavy (non-hydrogen) atoms. The van der Waals surface area contributed by atoms with Crippen molar-refractivity contribution in [2.75, 3.05) is 33.2 Å². The molecule has 3 fully saturated rings. The van der Waals surface area contributed by atoms with Crippen molar-refractivity contribution in [3.63, 3.8) is 0 Å². The minimum Gasteiger partial charge on any atom is -0.301 e. The first-order valence-electron chi connectivity index (χ1n) is 10.7. The molecule has 3 rings (SSSR count). The van der Waals surface area contributed by atoms with E-state index in [0.717, 1.165) is 24.8 Å². The largest absolute Gasteiger partial charge is 0.301 e. The Morgan fingerprint density at radius 3 is 2.12 bits per heavy atom. The first-order valence-corrected chi connectivity index (χ1v) is 10.7. The Labute approximate surface area is 154 Å². The van der Waals surface area contributed by atoms with Crippen molar-refractivity contribution in [3.8, 4) is 0 Å². The van der Waals surface area contributed by atoms with Crippen LogP contribution in [0, 0.1) is 11.8 Å². The molecule has 1 saturated carbocycles. The van der Waals surface area contributed by atoms with E-state index in [0.29, 0.717) is 24.7 Å². The third-order valence-electron chi connectivity index (χ3n) is 7.48. The van der Waals surface area contributed by atoms with Crippen LogP contribution in [0.15, 0.2) is 0 Å². The van der Waals surface area contributed by atoms with E-state index in [2.05, 4.69) is 49.4 Å². The minimum absolute atomic E-state index is 0.132. The van der Waals surface area contributed by atoms with Gasteiger partial charge in [-0.2, -0.15) is 0 Å². The smallest absolute Gasteiger partial charge is 0.128 e. The van der Waals surface area contributed by atoms with Gasteiger partial charge in [-0.3, -0.25) is 9.80 Å². The zero-order valence-corrected chi connectivity index (χ0v) is 17.1. The summed E-state index contributed by atoms with van der Waals surface area (Å²) < 4.78 is 15.0. The molecule has 0 aromatic carbocycles. The molecule has 0 amide bonds. The monoisotopic (exact) mass is 353 g/mol. The van der Waals surface area contributed by atoms with Crippen LogP contribution in [0.5, 0.6) is 0 Å². The Kier molecular flexibility index (Phi) is 6.44. The maximum atomic E-state index is 15.0. The van der Waals surface area contributed by atoms with E-state index in [1.54, 1.807) is 0 Å². The van der Waals surface area contributed by atoms with Gasteiger partial charge in [0.1, 0.15) is 6.17 Å². The molecule has 2 atom stereocenters. The summed E-state index contributed by atoms with van der Waals surface area (Å²) >= 11 is 0. The van der Waals surface area contributed by atoms with Crippen LogP contribution in [0.3, 0.4) is 0 Å². The summed E-state index contributed by atoms with van der Waals surface area (Å²) in [6.45, 7) is 13.3. The van der Waals surface area contributed by atoms with Gasteiger partial charge in [0.15, 0.2) is 0 Å². The van der Waals surface area contributed by atoms with Gasteiger partial charge in [-0.15, -0.1) is 0 Å². The highest BCUT2D eigenvalue weighted by molar-refractivity contribution is 4.96. The van der Waals surface area contributed by atoms with E-state index in [1.165, 1.54) is 38.8 Å². The Bertz CT molecular complexity index is 413. The van der Waals surface area contributed by atoms with E-state index in [9.17, 15) is 4.39 Å². The first kappa shape index (κ1) is 19.6. The van der Waals surface area contributed by atoms with Gasteiger partial charge >= 0.3 is 0 Å². The van der Waals surface area contributed by atoms with Crippen molar-refractivity contribution in [3.05, 3.63) is 0 Å². The Morgan fingerprint density at radius 2 is 1.60 bits per heavy atom. The highest BCUT2D eigenvalue weighted by atomic mass is 19.1. The van der Waals surface area contributed by atoms with Gasteiger partial charge in [-0.25, -0.2) is 4.39 Å². The second kappa shape index (κ2) is 8.22. The highest BCUT2D eigenvalue weighted by Crippen LogP contribution is 2.38. The number of halogens is 1. The van der Waals surface area contributed by atoms with Gasteiger partial charge in [0.25, 0.3) is 0 Å². The molecule has 0 aromatic heterocycles. The van der Waals surface area contributed by atoms with Crippen molar-refractivity contribution < 1.29 is 4.39 Å². The van der Waals surface area contributed by atoms with Gasteiger partial charge in [-0.1, -0.05) is 13.8 Å². The van der Waals surface area contributed by atoms with Crippen molar-refractivity contribution in [2.45, 2.75) is 90.1 Å². The predicted octanol–water partition coefficient (Wildman–Crippen LogP) is 3.64. The van der Waals surface area contributed by atoms with Crippen LogP contribution < -0.4 is 0 Å².